The number of nitrogens with two attached hydrogens (primary N) is 1. The molecule has 2 amide bonds. The van der Waals surface area contributed by atoms with E-state index < -0.39 is 17.3 Å². The van der Waals surface area contributed by atoms with E-state index in [1.165, 1.54) is 0 Å². The lowest BCUT2D eigenvalue weighted by Crippen LogP contribution is -2.38. The molecule has 1 saturated heterocycles. The molecule has 25 heavy (non-hydrogen) atoms. The zero-order chi connectivity index (χ0) is 19.3. The van der Waals surface area contributed by atoms with Gasteiger partial charge in [-0.1, -0.05) is 0 Å². The van der Waals surface area contributed by atoms with Gasteiger partial charge in [-0.05, 0) is 72.8 Å². The fourth-order valence-electron chi connectivity index (χ4n) is 2.84. The minimum Gasteiger partial charge on any atom is -0.444 e. The summed E-state index contributed by atoms with van der Waals surface area (Å²) < 4.78 is 10.7. The van der Waals surface area contributed by atoms with Crippen molar-refractivity contribution in [3.05, 3.63) is 0 Å². The molecule has 0 aromatic carbocycles. The molecule has 0 aliphatic carbocycles. The molecule has 1 heterocycles. The van der Waals surface area contributed by atoms with Gasteiger partial charge < -0.3 is 25.4 Å². The smallest absolute Gasteiger partial charge is 0.410 e. The predicted molar refractivity (Wildman–Crippen MR) is 97.3 cm³/mol. The molecule has 146 valence electrons. The summed E-state index contributed by atoms with van der Waals surface area (Å²) in [6, 6.07) is 0. The number of nitrogens with zero attached hydrogens (tertiary/aromatic N) is 1. The van der Waals surface area contributed by atoms with Gasteiger partial charge >= 0.3 is 12.2 Å². The average molecular weight is 357 g/mol. The third kappa shape index (κ3) is 8.43. The van der Waals surface area contributed by atoms with Crippen LogP contribution in [0.3, 0.4) is 0 Å². The van der Waals surface area contributed by atoms with E-state index in [0.717, 1.165) is 12.8 Å². The van der Waals surface area contributed by atoms with Crippen molar-refractivity contribution in [3.8, 4) is 0 Å². The van der Waals surface area contributed by atoms with E-state index in [1.54, 1.807) is 4.90 Å². The summed E-state index contributed by atoms with van der Waals surface area (Å²) in [7, 11) is 0. The monoisotopic (exact) mass is 357 g/mol. The summed E-state index contributed by atoms with van der Waals surface area (Å²) in [4.78, 5) is 25.9. The van der Waals surface area contributed by atoms with Crippen LogP contribution in [0, 0.1) is 11.8 Å². The molecule has 2 atom stereocenters. The molecule has 0 saturated carbocycles. The van der Waals surface area contributed by atoms with Gasteiger partial charge in [0.2, 0.25) is 0 Å². The first kappa shape index (κ1) is 21.5. The second-order valence-corrected chi connectivity index (χ2v) is 8.68. The number of nitrogens with one attached hydrogen (secondary N) is 1. The highest BCUT2D eigenvalue weighted by Gasteiger charge is 2.30. The number of likely N-dealkylation sites (tertiary alicyclic amines) is 1. The Morgan fingerprint density at radius 2 is 1.52 bits per heavy atom. The third-order valence-corrected chi connectivity index (χ3v) is 4.07. The Balaban J connectivity index is 2.58. The van der Waals surface area contributed by atoms with Gasteiger partial charge in [0.25, 0.3) is 0 Å². The van der Waals surface area contributed by atoms with Crippen LogP contribution in [-0.2, 0) is 9.47 Å². The Morgan fingerprint density at radius 1 is 1.00 bits per heavy atom. The van der Waals surface area contributed by atoms with Gasteiger partial charge in [0.1, 0.15) is 11.2 Å². The average Bonchev–Trinajstić information content (AvgIpc) is 2.63. The number of hydrogen-bond donors (Lipinski definition) is 2. The van der Waals surface area contributed by atoms with Crippen LogP contribution < -0.4 is 11.1 Å². The lowest BCUT2D eigenvalue weighted by Gasteiger charge is -2.26. The van der Waals surface area contributed by atoms with E-state index in [4.69, 9.17) is 15.2 Å². The highest BCUT2D eigenvalue weighted by molar-refractivity contribution is 5.68. The van der Waals surface area contributed by atoms with Crippen molar-refractivity contribution in [3.63, 3.8) is 0 Å². The molecule has 1 fully saturated rings. The summed E-state index contributed by atoms with van der Waals surface area (Å²) in [5, 5.41) is 2.83. The van der Waals surface area contributed by atoms with Crippen molar-refractivity contribution in [2.45, 2.75) is 65.6 Å². The number of carbonyl (C=O) groups is 2. The molecule has 7 nitrogen and oxygen atoms in total. The number of alkyl carbamates (subject to hydrolysis) is 1. The standard InChI is InChI=1S/C18H35N3O4/c1-17(2,3)24-15(22)20-12-14-8-10-21(9-7-13(14)11-19)16(23)25-18(4,5)6/h13-14H,7-12,19H2,1-6H3,(H,20,22)/t13-,14-/m0/s1. The summed E-state index contributed by atoms with van der Waals surface area (Å²) in [5.74, 6) is 0.465. The third-order valence-electron chi connectivity index (χ3n) is 4.07. The maximum atomic E-state index is 12.3. The predicted octanol–water partition coefficient (Wildman–Crippen LogP) is 2.73. The molecule has 0 aromatic rings. The largest absolute Gasteiger partial charge is 0.444 e. The van der Waals surface area contributed by atoms with Crippen molar-refractivity contribution in [1.29, 1.82) is 0 Å². The topological polar surface area (TPSA) is 93.9 Å². The van der Waals surface area contributed by atoms with Crippen LogP contribution in [0.2, 0.25) is 0 Å². The SMILES string of the molecule is CC(C)(C)OC(=O)NC[C@@H]1CCN(C(=O)OC(C)(C)C)CC[C@H]1CN. The van der Waals surface area contributed by atoms with E-state index in [0.29, 0.717) is 26.2 Å². The Hall–Kier alpha value is -1.50. The van der Waals surface area contributed by atoms with E-state index in [1.807, 2.05) is 41.5 Å². The van der Waals surface area contributed by atoms with Gasteiger partial charge in [-0.25, -0.2) is 9.59 Å². The van der Waals surface area contributed by atoms with Crippen LogP contribution in [0.15, 0.2) is 0 Å². The maximum Gasteiger partial charge on any atom is 0.410 e. The number of rotatable bonds is 3. The zero-order valence-electron chi connectivity index (χ0n) is 16.6. The minimum absolute atomic E-state index is 0.213. The van der Waals surface area contributed by atoms with Crippen LogP contribution in [0.25, 0.3) is 0 Å². The Kier molecular flexibility index (Phi) is 7.53. The van der Waals surface area contributed by atoms with E-state index in [2.05, 4.69) is 5.32 Å². The van der Waals surface area contributed by atoms with Gasteiger partial charge in [0.15, 0.2) is 0 Å². The van der Waals surface area contributed by atoms with E-state index >= 15 is 0 Å². The molecule has 0 spiro atoms. The van der Waals surface area contributed by atoms with E-state index in [9.17, 15) is 9.59 Å². The highest BCUT2D eigenvalue weighted by atomic mass is 16.6. The van der Waals surface area contributed by atoms with Gasteiger partial charge in [-0.15, -0.1) is 0 Å². The van der Waals surface area contributed by atoms with Crippen molar-refractivity contribution < 1.29 is 19.1 Å². The maximum absolute atomic E-state index is 12.3. The number of ether oxygens (including phenoxy) is 2. The summed E-state index contributed by atoms with van der Waals surface area (Å²) in [6.07, 6.45) is 0.869. The first-order valence-corrected chi connectivity index (χ1v) is 9.06. The minimum atomic E-state index is -0.520. The van der Waals surface area contributed by atoms with Crippen LogP contribution in [-0.4, -0.2) is 54.5 Å². The Labute approximate surface area is 151 Å². The molecule has 0 aromatic heterocycles. The second kappa shape index (κ2) is 8.74. The molecule has 0 unspecified atom stereocenters. The molecule has 7 heteroatoms. The fraction of sp³-hybridized carbons (Fsp3) is 0.889. The lowest BCUT2D eigenvalue weighted by molar-refractivity contribution is 0.0253. The first-order chi connectivity index (χ1) is 11.4. The quantitative estimate of drug-likeness (QED) is 0.810. The van der Waals surface area contributed by atoms with Gasteiger partial charge in [0, 0.05) is 19.6 Å². The van der Waals surface area contributed by atoms with Gasteiger partial charge in [-0.3, -0.25) is 0 Å². The van der Waals surface area contributed by atoms with Crippen LogP contribution in [0.5, 0.6) is 0 Å². The second-order valence-electron chi connectivity index (χ2n) is 8.68. The number of hydrogen-bond acceptors (Lipinski definition) is 5. The molecular formula is C18H35N3O4. The summed E-state index contributed by atoms with van der Waals surface area (Å²) in [6.45, 7) is 13.3. The van der Waals surface area contributed by atoms with Crippen LogP contribution in [0.1, 0.15) is 54.4 Å². The molecule has 1 rings (SSSR count). The Bertz CT molecular complexity index is 454. The van der Waals surface area contributed by atoms with Gasteiger partial charge in [-0.2, -0.15) is 0 Å². The van der Waals surface area contributed by atoms with Crippen molar-refractivity contribution in [2.24, 2.45) is 17.6 Å². The number of amides is 2. The van der Waals surface area contributed by atoms with Crippen molar-refractivity contribution >= 4 is 12.2 Å². The zero-order valence-corrected chi connectivity index (χ0v) is 16.6. The molecule has 0 bridgehead atoms. The lowest BCUT2D eigenvalue weighted by atomic mass is 9.88. The molecule has 3 N–H and O–H groups in total. The van der Waals surface area contributed by atoms with Crippen molar-refractivity contribution in [2.75, 3.05) is 26.2 Å². The Morgan fingerprint density at radius 3 is 2.00 bits per heavy atom. The fourth-order valence-corrected chi connectivity index (χ4v) is 2.84. The molecule has 1 aliphatic rings. The molecule has 1 aliphatic heterocycles. The summed E-state index contributed by atoms with van der Waals surface area (Å²) >= 11 is 0. The van der Waals surface area contributed by atoms with Gasteiger partial charge in [0.05, 0.1) is 0 Å². The molecular weight excluding hydrogens is 322 g/mol. The van der Waals surface area contributed by atoms with E-state index in [-0.39, 0.29) is 17.9 Å². The molecule has 0 radical (unpaired) electrons. The van der Waals surface area contributed by atoms with Crippen LogP contribution >= 0.6 is 0 Å². The van der Waals surface area contributed by atoms with Crippen LogP contribution in [0.4, 0.5) is 9.59 Å². The highest BCUT2D eigenvalue weighted by Crippen LogP contribution is 2.24. The number of carbonyl (C=O) groups excluding carboxylic acids is 2. The first-order valence-electron chi connectivity index (χ1n) is 9.06. The normalized spacial score (nSPS) is 22.1. The summed E-state index contributed by atoms with van der Waals surface area (Å²) in [5.41, 5.74) is 4.89. The van der Waals surface area contributed by atoms with Crippen molar-refractivity contribution in [1.82, 2.24) is 10.2 Å².